The second-order valence-corrected chi connectivity index (χ2v) is 6.06. The summed E-state index contributed by atoms with van der Waals surface area (Å²) in [5.74, 6) is 2.61. The molecule has 1 N–H and O–H groups in total. The first kappa shape index (κ1) is 14.8. The quantitative estimate of drug-likeness (QED) is 0.873. The lowest BCUT2D eigenvalue weighted by Crippen LogP contribution is -2.26. The summed E-state index contributed by atoms with van der Waals surface area (Å²) in [6, 6.07) is 4.46. The van der Waals surface area contributed by atoms with Crippen LogP contribution in [0.4, 0.5) is 0 Å². The lowest BCUT2D eigenvalue weighted by atomic mass is 10.1. The zero-order valence-electron chi connectivity index (χ0n) is 11.4. The Morgan fingerprint density at radius 2 is 2.16 bits per heavy atom. The topological polar surface area (TPSA) is 30.5 Å². The molecule has 0 amide bonds. The Kier molecular flexibility index (Phi) is 5.67. The van der Waals surface area contributed by atoms with Crippen LogP contribution in [0.1, 0.15) is 18.9 Å². The minimum Gasteiger partial charge on any atom is -0.486 e. The van der Waals surface area contributed by atoms with Crippen LogP contribution in [-0.2, 0) is 6.54 Å². The molecule has 0 fully saturated rings. The van der Waals surface area contributed by atoms with Gasteiger partial charge < -0.3 is 14.8 Å². The summed E-state index contributed by atoms with van der Waals surface area (Å²) in [6.07, 6.45) is 3.30. The molecule has 19 heavy (non-hydrogen) atoms. The van der Waals surface area contributed by atoms with Gasteiger partial charge in [-0.25, -0.2) is 0 Å². The first-order valence-corrected chi connectivity index (χ1v) is 8.28. The van der Waals surface area contributed by atoms with E-state index < -0.39 is 0 Å². The second-order valence-electron chi connectivity index (χ2n) is 4.67. The largest absolute Gasteiger partial charge is 0.486 e. The molecule has 2 rings (SSSR count). The maximum Gasteiger partial charge on any atom is 0.179 e. The van der Waals surface area contributed by atoms with Gasteiger partial charge in [0.2, 0.25) is 0 Å². The molecule has 0 spiro atoms. The van der Waals surface area contributed by atoms with E-state index in [4.69, 9.17) is 21.1 Å². The fourth-order valence-electron chi connectivity index (χ4n) is 1.96. The van der Waals surface area contributed by atoms with E-state index in [9.17, 15) is 0 Å². The van der Waals surface area contributed by atoms with E-state index in [1.165, 1.54) is 12.2 Å². The van der Waals surface area contributed by atoms with Crippen molar-refractivity contribution in [2.75, 3.05) is 25.2 Å². The third kappa shape index (κ3) is 4.20. The first-order valence-electron chi connectivity index (χ1n) is 6.51. The number of hydrogen-bond donors (Lipinski definition) is 1. The fraction of sp³-hybridized carbons (Fsp3) is 0.571. The molecule has 1 aliphatic heterocycles. The molecule has 0 aliphatic carbocycles. The molecule has 0 saturated carbocycles. The SMILES string of the molecule is CSCCC(C)NCc1cc(Cl)c2c(c1)OCCO2. The van der Waals surface area contributed by atoms with Gasteiger partial charge in [0.25, 0.3) is 0 Å². The molecule has 1 atom stereocenters. The Bertz CT molecular complexity index is 428. The van der Waals surface area contributed by atoms with Crippen molar-refractivity contribution in [3.8, 4) is 11.5 Å². The van der Waals surface area contributed by atoms with Gasteiger partial charge in [-0.05, 0) is 43.0 Å². The van der Waals surface area contributed by atoms with E-state index in [2.05, 4.69) is 18.5 Å². The molecule has 0 bridgehead atoms. The van der Waals surface area contributed by atoms with Crippen molar-refractivity contribution in [2.45, 2.75) is 25.9 Å². The van der Waals surface area contributed by atoms with E-state index in [1.807, 2.05) is 23.9 Å². The van der Waals surface area contributed by atoms with Crippen LogP contribution in [0.5, 0.6) is 11.5 Å². The molecule has 0 aromatic heterocycles. The number of hydrogen-bond acceptors (Lipinski definition) is 4. The van der Waals surface area contributed by atoms with Gasteiger partial charge in [0.15, 0.2) is 11.5 Å². The van der Waals surface area contributed by atoms with Crippen LogP contribution >= 0.6 is 23.4 Å². The number of thioether (sulfide) groups is 1. The highest BCUT2D eigenvalue weighted by Crippen LogP contribution is 2.38. The molecule has 3 nitrogen and oxygen atoms in total. The Morgan fingerprint density at radius 1 is 1.37 bits per heavy atom. The predicted molar refractivity (Wildman–Crippen MR) is 81.7 cm³/mol. The number of rotatable bonds is 6. The lowest BCUT2D eigenvalue weighted by Gasteiger charge is -2.21. The van der Waals surface area contributed by atoms with Crippen molar-refractivity contribution < 1.29 is 9.47 Å². The highest BCUT2D eigenvalue weighted by molar-refractivity contribution is 7.98. The van der Waals surface area contributed by atoms with Crippen molar-refractivity contribution >= 4 is 23.4 Å². The lowest BCUT2D eigenvalue weighted by molar-refractivity contribution is 0.171. The molecule has 1 aromatic rings. The Hall–Kier alpha value is -0.580. The van der Waals surface area contributed by atoms with E-state index in [-0.39, 0.29) is 0 Å². The Morgan fingerprint density at radius 3 is 2.95 bits per heavy atom. The van der Waals surface area contributed by atoms with Gasteiger partial charge in [-0.1, -0.05) is 11.6 Å². The first-order chi connectivity index (χ1) is 9.20. The van der Waals surface area contributed by atoms with Gasteiger partial charge in [-0.3, -0.25) is 0 Å². The zero-order valence-corrected chi connectivity index (χ0v) is 12.9. The summed E-state index contributed by atoms with van der Waals surface area (Å²) in [5.41, 5.74) is 1.13. The standard InChI is InChI=1S/C14H20ClNO2S/c1-10(3-6-19-2)16-9-11-7-12(15)14-13(8-11)17-4-5-18-14/h7-8,10,16H,3-6,9H2,1-2H3. The van der Waals surface area contributed by atoms with Gasteiger partial charge in [-0.15, -0.1) is 0 Å². The average Bonchev–Trinajstić information content (AvgIpc) is 2.43. The van der Waals surface area contributed by atoms with Crippen LogP contribution in [0, 0.1) is 0 Å². The predicted octanol–water partition coefficient (Wildman–Crippen LogP) is 3.34. The monoisotopic (exact) mass is 301 g/mol. The average molecular weight is 302 g/mol. The van der Waals surface area contributed by atoms with E-state index >= 15 is 0 Å². The molecule has 0 radical (unpaired) electrons. The third-order valence-corrected chi connectivity index (χ3v) is 3.99. The second kappa shape index (κ2) is 7.27. The third-order valence-electron chi connectivity index (χ3n) is 3.07. The van der Waals surface area contributed by atoms with Crippen LogP contribution in [0.25, 0.3) is 0 Å². The highest BCUT2D eigenvalue weighted by Gasteiger charge is 2.16. The summed E-state index contributed by atoms with van der Waals surface area (Å²) < 4.78 is 11.1. The molecular weight excluding hydrogens is 282 g/mol. The summed E-state index contributed by atoms with van der Waals surface area (Å²) >= 11 is 8.09. The summed E-state index contributed by atoms with van der Waals surface area (Å²) in [7, 11) is 0. The highest BCUT2D eigenvalue weighted by atomic mass is 35.5. The molecule has 106 valence electrons. The molecular formula is C14H20ClNO2S. The number of nitrogens with one attached hydrogen (secondary N) is 1. The van der Waals surface area contributed by atoms with E-state index in [0.717, 1.165) is 17.9 Å². The maximum absolute atomic E-state index is 6.21. The van der Waals surface area contributed by atoms with Gasteiger partial charge in [0.1, 0.15) is 13.2 Å². The van der Waals surface area contributed by atoms with Crippen molar-refractivity contribution in [1.29, 1.82) is 0 Å². The Balaban J connectivity index is 1.95. The minimum absolute atomic E-state index is 0.499. The van der Waals surface area contributed by atoms with Crippen LogP contribution in [0.3, 0.4) is 0 Å². The maximum atomic E-state index is 6.21. The van der Waals surface area contributed by atoms with Gasteiger partial charge in [0, 0.05) is 12.6 Å². The van der Waals surface area contributed by atoms with Crippen molar-refractivity contribution in [3.05, 3.63) is 22.7 Å². The molecule has 1 unspecified atom stereocenters. The van der Waals surface area contributed by atoms with E-state index in [0.29, 0.717) is 30.0 Å². The fourth-order valence-corrected chi connectivity index (χ4v) is 2.83. The number of ether oxygens (including phenoxy) is 2. The van der Waals surface area contributed by atoms with Crippen LogP contribution < -0.4 is 14.8 Å². The molecule has 1 aliphatic rings. The van der Waals surface area contributed by atoms with Crippen molar-refractivity contribution in [2.24, 2.45) is 0 Å². The van der Waals surface area contributed by atoms with Gasteiger partial charge in [-0.2, -0.15) is 11.8 Å². The normalized spacial score (nSPS) is 15.3. The number of benzene rings is 1. The zero-order chi connectivity index (χ0) is 13.7. The van der Waals surface area contributed by atoms with Gasteiger partial charge in [0.05, 0.1) is 5.02 Å². The summed E-state index contributed by atoms with van der Waals surface area (Å²) in [4.78, 5) is 0. The van der Waals surface area contributed by atoms with Crippen LogP contribution in [0.15, 0.2) is 12.1 Å². The summed E-state index contributed by atoms with van der Waals surface area (Å²) in [5, 5.41) is 4.13. The molecule has 1 heterocycles. The summed E-state index contributed by atoms with van der Waals surface area (Å²) in [6.45, 7) is 4.15. The number of halogens is 1. The van der Waals surface area contributed by atoms with Crippen LogP contribution in [0.2, 0.25) is 5.02 Å². The smallest absolute Gasteiger partial charge is 0.179 e. The molecule has 1 aromatic carbocycles. The van der Waals surface area contributed by atoms with Gasteiger partial charge >= 0.3 is 0 Å². The minimum atomic E-state index is 0.499. The van der Waals surface area contributed by atoms with Crippen molar-refractivity contribution in [3.63, 3.8) is 0 Å². The Labute approximate surface area is 124 Å². The van der Waals surface area contributed by atoms with Crippen LogP contribution in [-0.4, -0.2) is 31.3 Å². The van der Waals surface area contributed by atoms with Crippen molar-refractivity contribution in [1.82, 2.24) is 5.32 Å². The molecule has 0 saturated heterocycles. The number of fused-ring (bicyclic) bond motifs is 1. The molecule has 5 heteroatoms. The van der Waals surface area contributed by atoms with E-state index in [1.54, 1.807) is 0 Å².